The maximum Gasteiger partial charge on any atom is 0.194 e. The van der Waals surface area contributed by atoms with Crippen LogP contribution in [0.25, 0.3) is 5.69 Å². The third-order valence-corrected chi connectivity index (χ3v) is 8.06. The van der Waals surface area contributed by atoms with Crippen LogP contribution in [0.15, 0.2) is 77.1 Å². The molecule has 1 aliphatic carbocycles. The van der Waals surface area contributed by atoms with Crippen molar-refractivity contribution in [2.75, 3.05) is 0 Å². The summed E-state index contributed by atoms with van der Waals surface area (Å²) in [6, 6.07) is 23.0. The van der Waals surface area contributed by atoms with Crippen molar-refractivity contribution in [2.24, 2.45) is 4.99 Å². The zero-order valence-electron chi connectivity index (χ0n) is 18.1. The molecule has 32 heavy (non-hydrogen) atoms. The number of halogens is 2. The topological polar surface area (TPSA) is 17.3 Å². The van der Waals surface area contributed by atoms with Gasteiger partial charge in [-0.1, -0.05) is 71.6 Å². The Kier molecular flexibility index (Phi) is 5.75. The van der Waals surface area contributed by atoms with Crippen LogP contribution in [0.1, 0.15) is 41.6 Å². The highest BCUT2D eigenvalue weighted by Gasteiger charge is 2.43. The third kappa shape index (κ3) is 3.73. The Bertz CT molecular complexity index is 1340. The smallest absolute Gasteiger partial charge is 0.194 e. The van der Waals surface area contributed by atoms with Crippen LogP contribution in [0, 0.1) is 13.8 Å². The molecule has 0 radical (unpaired) electrons. The average Bonchev–Trinajstić information content (AvgIpc) is 3.15. The summed E-state index contributed by atoms with van der Waals surface area (Å²) in [6.07, 6.45) is 3.35. The van der Waals surface area contributed by atoms with Crippen LogP contribution in [0.4, 0.5) is 5.69 Å². The molecule has 0 spiro atoms. The predicted molar refractivity (Wildman–Crippen MR) is 136 cm³/mol. The molecule has 4 aromatic rings. The second kappa shape index (κ2) is 8.55. The number of hydrogen-bond donors (Lipinski definition) is 0. The first-order valence-electron chi connectivity index (χ1n) is 10.8. The molecule has 0 bridgehead atoms. The van der Waals surface area contributed by atoms with Gasteiger partial charge in [-0.05, 0) is 68.1 Å². The van der Waals surface area contributed by atoms with Crippen molar-refractivity contribution in [3.05, 3.63) is 109 Å². The van der Waals surface area contributed by atoms with Crippen molar-refractivity contribution in [1.82, 2.24) is 4.57 Å². The fraction of sp³-hybridized carbons (Fsp3) is 0.222. The number of thiazole rings is 1. The number of hydrogen-bond acceptors (Lipinski definition) is 2. The Balaban J connectivity index is 1.76. The minimum atomic E-state index is -0.0892. The summed E-state index contributed by atoms with van der Waals surface area (Å²) in [5.74, 6) is 0. The lowest BCUT2D eigenvalue weighted by atomic mass is 9.62. The van der Waals surface area contributed by atoms with Crippen LogP contribution in [0.5, 0.6) is 0 Å². The van der Waals surface area contributed by atoms with Gasteiger partial charge in [-0.25, -0.2) is 4.99 Å². The average molecular weight is 479 g/mol. The molecule has 5 rings (SSSR count). The summed E-state index contributed by atoms with van der Waals surface area (Å²) in [4.78, 5) is 6.03. The summed E-state index contributed by atoms with van der Waals surface area (Å²) in [5.41, 5.74) is 6.99. The number of aryl methyl sites for hydroxylation is 2. The van der Waals surface area contributed by atoms with Crippen LogP contribution in [0.3, 0.4) is 0 Å². The Morgan fingerprint density at radius 2 is 1.66 bits per heavy atom. The van der Waals surface area contributed by atoms with Gasteiger partial charge in [0.1, 0.15) is 0 Å². The van der Waals surface area contributed by atoms with E-state index in [4.69, 9.17) is 28.2 Å². The first-order chi connectivity index (χ1) is 15.5. The van der Waals surface area contributed by atoms with E-state index in [2.05, 4.69) is 78.4 Å². The van der Waals surface area contributed by atoms with Crippen LogP contribution in [-0.4, -0.2) is 4.57 Å². The van der Waals surface area contributed by atoms with Crippen LogP contribution in [-0.2, 0) is 5.41 Å². The van der Waals surface area contributed by atoms with Gasteiger partial charge in [0.25, 0.3) is 0 Å². The normalized spacial score (nSPS) is 15.6. The summed E-state index contributed by atoms with van der Waals surface area (Å²) in [7, 11) is 0. The summed E-state index contributed by atoms with van der Waals surface area (Å²) in [6.45, 7) is 4.25. The van der Waals surface area contributed by atoms with Gasteiger partial charge in [0.15, 0.2) is 4.80 Å². The molecule has 0 saturated heterocycles. The molecule has 0 amide bonds. The van der Waals surface area contributed by atoms with E-state index in [0.717, 1.165) is 23.3 Å². The van der Waals surface area contributed by atoms with E-state index in [0.29, 0.717) is 10.0 Å². The molecule has 1 aliphatic rings. The molecule has 0 unspecified atom stereocenters. The van der Waals surface area contributed by atoms with Gasteiger partial charge >= 0.3 is 0 Å². The summed E-state index contributed by atoms with van der Waals surface area (Å²) >= 11 is 14.4. The molecule has 1 aromatic heterocycles. The summed E-state index contributed by atoms with van der Waals surface area (Å²) < 4.78 is 2.35. The van der Waals surface area contributed by atoms with Crippen LogP contribution in [0.2, 0.25) is 10.0 Å². The molecule has 1 saturated carbocycles. The first kappa shape index (κ1) is 21.5. The second-order valence-corrected chi connectivity index (χ2v) is 10.2. The SMILES string of the molecule is Cc1ccc(N=c2scc(C3(c4ccc(Cl)c(Cl)c4)CCC3)n2-c2ccccc2C)cc1. The van der Waals surface area contributed by atoms with E-state index < -0.39 is 0 Å². The van der Waals surface area contributed by atoms with Gasteiger partial charge in [0.05, 0.1) is 21.4 Å². The van der Waals surface area contributed by atoms with Crippen molar-refractivity contribution in [1.29, 1.82) is 0 Å². The van der Waals surface area contributed by atoms with Crippen LogP contribution < -0.4 is 4.80 Å². The molecular formula is C27H24Cl2N2S. The molecule has 0 aliphatic heterocycles. The second-order valence-electron chi connectivity index (χ2n) is 8.54. The van der Waals surface area contributed by atoms with E-state index in [-0.39, 0.29) is 5.41 Å². The lowest BCUT2D eigenvalue weighted by Gasteiger charge is -2.43. The van der Waals surface area contributed by atoms with Crippen molar-refractivity contribution in [3.63, 3.8) is 0 Å². The van der Waals surface area contributed by atoms with Gasteiger partial charge in [-0.15, -0.1) is 11.3 Å². The molecule has 1 fully saturated rings. The predicted octanol–water partition coefficient (Wildman–Crippen LogP) is 8.16. The number of nitrogens with zero attached hydrogens (tertiary/aromatic N) is 2. The summed E-state index contributed by atoms with van der Waals surface area (Å²) in [5, 5.41) is 3.48. The number of aromatic nitrogens is 1. The number of rotatable bonds is 4. The molecule has 3 aromatic carbocycles. The Labute approximate surface area is 202 Å². The van der Waals surface area contributed by atoms with Crippen molar-refractivity contribution >= 4 is 40.2 Å². The minimum Gasteiger partial charge on any atom is -0.288 e. The van der Waals surface area contributed by atoms with Gasteiger partial charge < -0.3 is 0 Å². The van der Waals surface area contributed by atoms with E-state index in [9.17, 15) is 0 Å². The van der Waals surface area contributed by atoms with Crippen molar-refractivity contribution in [3.8, 4) is 5.69 Å². The molecule has 1 heterocycles. The zero-order valence-corrected chi connectivity index (χ0v) is 20.4. The van der Waals surface area contributed by atoms with Crippen LogP contribution >= 0.6 is 34.5 Å². The third-order valence-electron chi connectivity index (χ3n) is 6.49. The molecular weight excluding hydrogens is 455 g/mol. The highest BCUT2D eigenvalue weighted by molar-refractivity contribution is 7.07. The van der Waals surface area contributed by atoms with E-state index >= 15 is 0 Å². The Morgan fingerprint density at radius 1 is 0.906 bits per heavy atom. The fourth-order valence-corrected chi connectivity index (χ4v) is 5.82. The Hall–Kier alpha value is -2.33. The lowest BCUT2D eigenvalue weighted by Crippen LogP contribution is -2.38. The Morgan fingerprint density at radius 3 is 2.31 bits per heavy atom. The van der Waals surface area contributed by atoms with Crippen molar-refractivity contribution < 1.29 is 0 Å². The lowest BCUT2D eigenvalue weighted by molar-refractivity contribution is 0.289. The minimum absolute atomic E-state index is 0.0892. The van der Waals surface area contributed by atoms with Gasteiger partial charge in [-0.2, -0.15) is 0 Å². The van der Waals surface area contributed by atoms with Crippen molar-refractivity contribution in [2.45, 2.75) is 38.5 Å². The van der Waals surface area contributed by atoms with Gasteiger partial charge in [0.2, 0.25) is 0 Å². The molecule has 5 heteroatoms. The maximum absolute atomic E-state index is 6.44. The van der Waals surface area contributed by atoms with Gasteiger partial charge in [0, 0.05) is 16.5 Å². The monoisotopic (exact) mass is 478 g/mol. The largest absolute Gasteiger partial charge is 0.288 e. The van der Waals surface area contributed by atoms with E-state index in [1.54, 1.807) is 11.3 Å². The highest BCUT2D eigenvalue weighted by Crippen LogP contribution is 2.50. The molecule has 0 atom stereocenters. The van der Waals surface area contributed by atoms with Gasteiger partial charge in [-0.3, -0.25) is 4.57 Å². The zero-order chi connectivity index (χ0) is 22.3. The maximum atomic E-state index is 6.44. The number of benzene rings is 3. The highest BCUT2D eigenvalue weighted by atomic mass is 35.5. The van der Waals surface area contributed by atoms with E-state index in [1.807, 2.05) is 12.1 Å². The molecule has 162 valence electrons. The number of para-hydroxylation sites is 1. The van der Waals surface area contributed by atoms with E-state index in [1.165, 1.54) is 34.5 Å². The fourth-order valence-electron chi connectivity index (χ4n) is 4.51. The standard InChI is InChI=1S/C27H24Cl2N2S/c1-18-8-11-21(12-9-18)30-26-31(24-7-4-3-6-19(24)2)25(17-32-26)27(14-5-15-27)20-10-13-22(28)23(29)16-20/h3-4,6-13,16-17H,5,14-15H2,1-2H3. The first-order valence-corrected chi connectivity index (χ1v) is 12.5. The molecule has 2 nitrogen and oxygen atoms in total. The molecule has 0 N–H and O–H groups in total. The quantitative estimate of drug-likeness (QED) is 0.281.